The Kier molecular flexibility index (Phi) is 6.71. The zero-order valence-corrected chi connectivity index (χ0v) is 15.6. The minimum atomic E-state index is -0.0987. The van der Waals surface area contributed by atoms with Gasteiger partial charge in [-0.1, -0.05) is 23.9 Å². The molecule has 0 unspecified atom stereocenters. The van der Waals surface area contributed by atoms with Crippen LogP contribution in [0.4, 0.5) is 0 Å². The van der Waals surface area contributed by atoms with E-state index < -0.39 is 0 Å². The Morgan fingerprint density at radius 3 is 2.50 bits per heavy atom. The van der Waals surface area contributed by atoms with Crippen molar-refractivity contribution in [1.29, 1.82) is 0 Å². The molecular formula is C19H23N3O3S. The van der Waals surface area contributed by atoms with Crippen LogP contribution in [-0.2, 0) is 4.79 Å². The molecule has 0 bridgehead atoms. The van der Waals surface area contributed by atoms with Gasteiger partial charge in [-0.3, -0.25) is 4.79 Å². The number of nitrogens with one attached hydrogen (secondary N) is 1. The summed E-state index contributed by atoms with van der Waals surface area (Å²) < 4.78 is 10.8. The third-order valence-electron chi connectivity index (χ3n) is 4.28. The highest BCUT2D eigenvalue weighted by atomic mass is 32.2. The Bertz CT molecular complexity index is 706. The third-order valence-corrected chi connectivity index (χ3v) is 5.51. The van der Waals surface area contributed by atoms with Gasteiger partial charge in [0.2, 0.25) is 0 Å². The van der Waals surface area contributed by atoms with E-state index >= 15 is 0 Å². The minimum absolute atomic E-state index is 0.00704. The molecule has 7 heteroatoms. The van der Waals surface area contributed by atoms with Gasteiger partial charge in [-0.05, 0) is 43.9 Å². The number of thioether (sulfide) groups is 1. The van der Waals surface area contributed by atoms with Crippen molar-refractivity contribution in [3.63, 3.8) is 0 Å². The second-order valence-electron chi connectivity index (χ2n) is 6.13. The molecule has 0 spiro atoms. The number of para-hydroxylation sites is 2. The van der Waals surface area contributed by atoms with Crippen LogP contribution in [0.3, 0.4) is 0 Å². The maximum Gasteiger partial charge on any atom is 0.258 e. The molecule has 1 aromatic carbocycles. The number of hydrogen-bond donors (Lipinski definition) is 1. The van der Waals surface area contributed by atoms with Crippen molar-refractivity contribution in [2.45, 2.75) is 42.1 Å². The van der Waals surface area contributed by atoms with Crippen LogP contribution >= 0.6 is 11.8 Å². The van der Waals surface area contributed by atoms with Gasteiger partial charge in [0.1, 0.15) is 0 Å². The lowest BCUT2D eigenvalue weighted by Crippen LogP contribution is -2.40. The fourth-order valence-electron chi connectivity index (χ4n) is 2.97. The van der Waals surface area contributed by atoms with Crippen LogP contribution in [0.5, 0.6) is 11.5 Å². The lowest BCUT2D eigenvalue weighted by Gasteiger charge is -2.28. The van der Waals surface area contributed by atoms with E-state index in [9.17, 15) is 4.79 Å². The maximum absolute atomic E-state index is 12.2. The fourth-order valence-corrected chi connectivity index (χ4v) is 4.02. The number of benzene rings is 1. The highest BCUT2D eigenvalue weighted by molar-refractivity contribution is 7.99. The Labute approximate surface area is 157 Å². The van der Waals surface area contributed by atoms with Gasteiger partial charge in [0.05, 0.1) is 7.11 Å². The topological polar surface area (TPSA) is 73.3 Å². The minimum Gasteiger partial charge on any atom is -0.493 e. The van der Waals surface area contributed by atoms with E-state index in [1.54, 1.807) is 37.3 Å². The monoisotopic (exact) mass is 373 g/mol. The molecule has 2 aromatic rings. The molecule has 6 nitrogen and oxygen atoms in total. The van der Waals surface area contributed by atoms with E-state index in [1.165, 1.54) is 0 Å². The molecule has 1 heterocycles. The van der Waals surface area contributed by atoms with E-state index in [1.807, 2.05) is 24.3 Å². The molecule has 3 rings (SSSR count). The van der Waals surface area contributed by atoms with E-state index in [-0.39, 0.29) is 18.6 Å². The van der Waals surface area contributed by atoms with Crippen LogP contribution in [0.1, 0.15) is 25.7 Å². The Morgan fingerprint density at radius 1 is 1.12 bits per heavy atom. The average molecular weight is 373 g/mol. The van der Waals surface area contributed by atoms with Crippen molar-refractivity contribution in [3.8, 4) is 11.5 Å². The molecule has 1 saturated carbocycles. The highest BCUT2D eigenvalue weighted by Crippen LogP contribution is 2.31. The first-order valence-corrected chi connectivity index (χ1v) is 9.61. The number of hydrogen-bond acceptors (Lipinski definition) is 6. The first kappa shape index (κ1) is 18.5. The summed E-state index contributed by atoms with van der Waals surface area (Å²) in [4.78, 5) is 20.7. The van der Waals surface area contributed by atoms with Crippen LogP contribution in [0.2, 0.25) is 0 Å². The molecular weight excluding hydrogens is 350 g/mol. The van der Waals surface area contributed by atoms with Gasteiger partial charge in [-0.15, -0.1) is 0 Å². The maximum atomic E-state index is 12.2. The Morgan fingerprint density at radius 2 is 1.81 bits per heavy atom. The zero-order valence-electron chi connectivity index (χ0n) is 14.8. The Hall–Kier alpha value is -2.28. The number of carbonyl (C=O) groups excluding carboxylic acids is 1. The predicted molar refractivity (Wildman–Crippen MR) is 101 cm³/mol. The fraction of sp³-hybridized carbons (Fsp3) is 0.421. The van der Waals surface area contributed by atoms with Crippen molar-refractivity contribution in [1.82, 2.24) is 15.3 Å². The largest absolute Gasteiger partial charge is 0.493 e. The van der Waals surface area contributed by atoms with Crippen LogP contribution in [0, 0.1) is 0 Å². The molecule has 1 amide bonds. The van der Waals surface area contributed by atoms with Crippen molar-refractivity contribution in [3.05, 3.63) is 42.7 Å². The smallest absolute Gasteiger partial charge is 0.258 e. The summed E-state index contributed by atoms with van der Waals surface area (Å²) in [6.45, 7) is -0.00704. The van der Waals surface area contributed by atoms with Crippen molar-refractivity contribution < 1.29 is 14.3 Å². The third kappa shape index (κ3) is 5.36. The first-order valence-electron chi connectivity index (χ1n) is 8.73. The number of ether oxygens (including phenoxy) is 2. The first-order chi connectivity index (χ1) is 12.7. The van der Waals surface area contributed by atoms with Crippen molar-refractivity contribution in [2.24, 2.45) is 0 Å². The molecule has 1 aliphatic rings. The van der Waals surface area contributed by atoms with Gasteiger partial charge >= 0.3 is 0 Å². The lowest BCUT2D eigenvalue weighted by atomic mass is 9.95. The highest BCUT2D eigenvalue weighted by Gasteiger charge is 2.24. The molecule has 1 aliphatic carbocycles. The number of amides is 1. The number of rotatable bonds is 7. The summed E-state index contributed by atoms with van der Waals surface area (Å²) in [5, 5.41) is 4.40. The van der Waals surface area contributed by atoms with Gasteiger partial charge in [0.15, 0.2) is 23.3 Å². The molecule has 0 aliphatic heterocycles. The van der Waals surface area contributed by atoms with Crippen molar-refractivity contribution in [2.75, 3.05) is 13.7 Å². The predicted octanol–water partition coefficient (Wildman–Crippen LogP) is 3.08. The van der Waals surface area contributed by atoms with E-state index in [0.29, 0.717) is 16.7 Å². The summed E-state index contributed by atoms with van der Waals surface area (Å²) >= 11 is 1.72. The number of nitrogens with zero attached hydrogens (tertiary/aromatic N) is 2. The summed E-state index contributed by atoms with van der Waals surface area (Å²) in [6.07, 6.45) is 7.55. The second-order valence-corrected chi connectivity index (χ2v) is 7.40. The normalized spacial score (nSPS) is 19.6. The number of methoxy groups -OCH3 is 1. The second kappa shape index (κ2) is 9.43. The van der Waals surface area contributed by atoms with E-state index in [2.05, 4.69) is 15.3 Å². The molecule has 138 valence electrons. The van der Waals surface area contributed by atoms with E-state index in [0.717, 1.165) is 30.8 Å². The molecule has 1 fully saturated rings. The van der Waals surface area contributed by atoms with Gasteiger partial charge in [-0.2, -0.15) is 0 Å². The quantitative estimate of drug-likeness (QED) is 0.752. The van der Waals surface area contributed by atoms with Crippen molar-refractivity contribution >= 4 is 17.7 Å². The van der Waals surface area contributed by atoms with Crippen LogP contribution in [0.25, 0.3) is 0 Å². The molecule has 0 radical (unpaired) electrons. The lowest BCUT2D eigenvalue weighted by molar-refractivity contribution is -0.124. The summed E-state index contributed by atoms with van der Waals surface area (Å²) in [5.41, 5.74) is 0. The average Bonchev–Trinajstić information content (AvgIpc) is 2.69. The van der Waals surface area contributed by atoms with Crippen LogP contribution in [-0.4, -0.2) is 40.9 Å². The molecule has 0 atom stereocenters. The summed E-state index contributed by atoms with van der Waals surface area (Å²) in [5.74, 6) is 1.10. The van der Waals surface area contributed by atoms with Gasteiger partial charge in [-0.25, -0.2) is 9.97 Å². The molecule has 0 saturated heterocycles. The zero-order chi connectivity index (χ0) is 18.2. The Balaban J connectivity index is 1.39. The van der Waals surface area contributed by atoms with Crippen LogP contribution in [0.15, 0.2) is 47.9 Å². The molecule has 26 heavy (non-hydrogen) atoms. The SMILES string of the molecule is COc1ccccc1OCC(=O)NC1CCC(Sc2ncccn2)CC1. The summed E-state index contributed by atoms with van der Waals surface area (Å²) in [7, 11) is 1.58. The number of carbonyl (C=O) groups is 1. The van der Waals surface area contributed by atoms with E-state index in [4.69, 9.17) is 9.47 Å². The van der Waals surface area contributed by atoms with Gasteiger partial charge in [0, 0.05) is 23.7 Å². The molecule has 1 N–H and O–H groups in total. The van der Waals surface area contributed by atoms with Gasteiger partial charge < -0.3 is 14.8 Å². The molecule has 1 aromatic heterocycles. The van der Waals surface area contributed by atoms with Crippen LogP contribution < -0.4 is 14.8 Å². The standard InChI is InChI=1S/C19H23N3O3S/c1-24-16-5-2-3-6-17(16)25-13-18(23)22-14-7-9-15(10-8-14)26-19-20-11-4-12-21-19/h2-6,11-12,14-15H,7-10,13H2,1H3,(H,22,23). The number of aromatic nitrogens is 2. The summed E-state index contributed by atoms with van der Waals surface area (Å²) in [6, 6.07) is 9.35. The van der Waals surface area contributed by atoms with Gasteiger partial charge in [0.25, 0.3) is 5.91 Å².